The molecule has 0 aliphatic heterocycles. The SMILES string of the molecule is NC(=O)CCN(C(=O)COC(=O)c1ccc(F)cc1F)c1ccc(F)cc1. The Hall–Kier alpha value is -3.36. The number of nitrogens with two attached hydrogens (primary N) is 1. The fraction of sp³-hybridized carbons (Fsp3) is 0.167. The van der Waals surface area contributed by atoms with Crippen molar-refractivity contribution >= 4 is 23.5 Å². The van der Waals surface area contributed by atoms with Gasteiger partial charge in [-0.2, -0.15) is 0 Å². The largest absolute Gasteiger partial charge is 0.452 e. The minimum Gasteiger partial charge on any atom is -0.452 e. The van der Waals surface area contributed by atoms with Crippen LogP contribution in [0.1, 0.15) is 16.8 Å². The van der Waals surface area contributed by atoms with Gasteiger partial charge in [-0.05, 0) is 36.4 Å². The molecule has 0 atom stereocenters. The second-order valence-electron chi connectivity index (χ2n) is 5.44. The Balaban J connectivity index is 2.09. The van der Waals surface area contributed by atoms with E-state index >= 15 is 0 Å². The third kappa shape index (κ3) is 5.56. The molecule has 0 saturated carbocycles. The van der Waals surface area contributed by atoms with Crippen LogP contribution in [-0.4, -0.2) is 30.9 Å². The smallest absolute Gasteiger partial charge is 0.341 e. The third-order valence-electron chi connectivity index (χ3n) is 3.50. The van der Waals surface area contributed by atoms with Crippen molar-refractivity contribution < 1.29 is 32.3 Å². The topological polar surface area (TPSA) is 89.7 Å². The second kappa shape index (κ2) is 8.84. The summed E-state index contributed by atoms with van der Waals surface area (Å²) in [6.45, 7) is -0.895. The van der Waals surface area contributed by atoms with Gasteiger partial charge in [0.2, 0.25) is 5.91 Å². The summed E-state index contributed by atoms with van der Waals surface area (Å²) in [7, 11) is 0. The lowest BCUT2D eigenvalue weighted by Gasteiger charge is -2.22. The van der Waals surface area contributed by atoms with E-state index in [0.717, 1.165) is 29.2 Å². The van der Waals surface area contributed by atoms with Crippen molar-refractivity contribution in [2.24, 2.45) is 5.73 Å². The number of esters is 1. The highest BCUT2D eigenvalue weighted by atomic mass is 19.1. The maximum atomic E-state index is 13.6. The first-order valence-electron chi connectivity index (χ1n) is 7.74. The summed E-state index contributed by atoms with van der Waals surface area (Å²) in [6, 6.07) is 7.10. The van der Waals surface area contributed by atoms with Gasteiger partial charge in [0.05, 0.1) is 5.56 Å². The molecule has 9 heteroatoms. The molecule has 0 radical (unpaired) electrons. The van der Waals surface area contributed by atoms with Gasteiger partial charge in [0.25, 0.3) is 5.91 Å². The molecule has 2 aromatic carbocycles. The summed E-state index contributed by atoms with van der Waals surface area (Å²) in [4.78, 5) is 36.3. The Morgan fingerprint density at radius 3 is 2.19 bits per heavy atom. The predicted molar refractivity (Wildman–Crippen MR) is 89.2 cm³/mol. The zero-order valence-electron chi connectivity index (χ0n) is 14.0. The maximum Gasteiger partial charge on any atom is 0.341 e. The number of amides is 2. The van der Waals surface area contributed by atoms with Crippen LogP contribution in [0, 0.1) is 17.5 Å². The Morgan fingerprint density at radius 2 is 1.59 bits per heavy atom. The van der Waals surface area contributed by atoms with Gasteiger partial charge in [-0.3, -0.25) is 9.59 Å². The number of hydrogen-bond acceptors (Lipinski definition) is 4. The van der Waals surface area contributed by atoms with E-state index in [1.807, 2.05) is 0 Å². The molecule has 2 amide bonds. The molecule has 0 bridgehead atoms. The van der Waals surface area contributed by atoms with Crippen molar-refractivity contribution in [3.8, 4) is 0 Å². The van der Waals surface area contributed by atoms with Gasteiger partial charge in [0, 0.05) is 24.7 Å². The van der Waals surface area contributed by atoms with Crippen LogP contribution < -0.4 is 10.6 Å². The van der Waals surface area contributed by atoms with E-state index in [1.165, 1.54) is 12.1 Å². The number of anilines is 1. The summed E-state index contributed by atoms with van der Waals surface area (Å²) >= 11 is 0. The van der Waals surface area contributed by atoms with Crippen LogP contribution in [0.5, 0.6) is 0 Å². The molecular weight excluding hydrogens is 365 g/mol. The normalized spacial score (nSPS) is 10.3. The van der Waals surface area contributed by atoms with E-state index in [9.17, 15) is 27.6 Å². The Morgan fingerprint density at radius 1 is 0.963 bits per heavy atom. The standard InChI is InChI=1S/C18H15F3N2O4/c19-11-1-4-13(5-2-11)23(8-7-16(22)24)17(25)10-27-18(26)14-6-3-12(20)9-15(14)21/h1-6,9H,7-8,10H2,(H2,22,24). The highest BCUT2D eigenvalue weighted by molar-refractivity contribution is 5.97. The summed E-state index contributed by atoms with van der Waals surface area (Å²) in [5.74, 6) is -5.08. The van der Waals surface area contributed by atoms with Gasteiger partial charge >= 0.3 is 5.97 Å². The van der Waals surface area contributed by atoms with Crippen LogP contribution >= 0.6 is 0 Å². The molecule has 0 aliphatic rings. The quantitative estimate of drug-likeness (QED) is 0.746. The van der Waals surface area contributed by atoms with E-state index < -0.39 is 47.4 Å². The minimum atomic E-state index is -1.16. The lowest BCUT2D eigenvalue weighted by atomic mass is 10.2. The summed E-state index contributed by atoms with van der Waals surface area (Å²) in [5, 5.41) is 0. The first kappa shape index (κ1) is 20.0. The van der Waals surface area contributed by atoms with Crippen LogP contribution in [0.3, 0.4) is 0 Å². The number of rotatable bonds is 7. The number of carbonyl (C=O) groups excluding carboxylic acids is 3. The zero-order chi connectivity index (χ0) is 20.0. The lowest BCUT2D eigenvalue weighted by Crippen LogP contribution is -2.37. The molecule has 2 N–H and O–H groups in total. The minimum absolute atomic E-state index is 0.123. The molecular formula is C18H15F3N2O4. The van der Waals surface area contributed by atoms with Crippen molar-refractivity contribution in [3.63, 3.8) is 0 Å². The number of halogens is 3. The first-order chi connectivity index (χ1) is 12.8. The van der Waals surface area contributed by atoms with Crippen molar-refractivity contribution in [2.75, 3.05) is 18.1 Å². The van der Waals surface area contributed by atoms with Crippen LogP contribution in [0.15, 0.2) is 42.5 Å². The number of benzene rings is 2. The maximum absolute atomic E-state index is 13.6. The van der Waals surface area contributed by atoms with Gasteiger partial charge in [-0.15, -0.1) is 0 Å². The molecule has 0 spiro atoms. The molecule has 27 heavy (non-hydrogen) atoms. The van der Waals surface area contributed by atoms with Gasteiger partial charge in [0.1, 0.15) is 17.5 Å². The number of carbonyl (C=O) groups is 3. The number of nitrogens with zero attached hydrogens (tertiary/aromatic N) is 1. The Kier molecular flexibility index (Phi) is 6.53. The number of primary amides is 1. The molecule has 2 aromatic rings. The van der Waals surface area contributed by atoms with E-state index in [1.54, 1.807) is 0 Å². The van der Waals surface area contributed by atoms with Crippen LogP contribution in [0.4, 0.5) is 18.9 Å². The molecule has 0 saturated heterocycles. The predicted octanol–water partition coefficient (Wildman–Crippen LogP) is 2.17. The molecule has 0 unspecified atom stereocenters. The van der Waals surface area contributed by atoms with E-state index in [4.69, 9.17) is 10.5 Å². The van der Waals surface area contributed by atoms with Crippen molar-refractivity contribution in [3.05, 3.63) is 65.5 Å². The van der Waals surface area contributed by atoms with Gasteiger partial charge in [-0.25, -0.2) is 18.0 Å². The van der Waals surface area contributed by atoms with Crippen LogP contribution in [-0.2, 0) is 14.3 Å². The Labute approximate surface area is 152 Å². The van der Waals surface area contributed by atoms with Gasteiger partial charge in [0.15, 0.2) is 6.61 Å². The second-order valence-corrected chi connectivity index (χ2v) is 5.44. The molecule has 0 aromatic heterocycles. The Bertz CT molecular complexity index is 856. The highest BCUT2D eigenvalue weighted by Gasteiger charge is 2.20. The van der Waals surface area contributed by atoms with Gasteiger partial charge in [-0.1, -0.05) is 0 Å². The third-order valence-corrected chi connectivity index (χ3v) is 3.50. The lowest BCUT2D eigenvalue weighted by molar-refractivity contribution is -0.121. The number of ether oxygens (including phenoxy) is 1. The molecule has 0 heterocycles. The monoisotopic (exact) mass is 380 g/mol. The van der Waals surface area contributed by atoms with Crippen molar-refractivity contribution in [1.82, 2.24) is 0 Å². The summed E-state index contributed by atoms with van der Waals surface area (Å²) in [6.07, 6.45) is -0.177. The first-order valence-corrected chi connectivity index (χ1v) is 7.74. The zero-order valence-corrected chi connectivity index (χ0v) is 14.0. The average molecular weight is 380 g/mol. The number of hydrogen-bond donors (Lipinski definition) is 1. The fourth-order valence-corrected chi connectivity index (χ4v) is 2.18. The average Bonchev–Trinajstić information content (AvgIpc) is 2.61. The van der Waals surface area contributed by atoms with E-state index in [0.29, 0.717) is 6.07 Å². The highest BCUT2D eigenvalue weighted by Crippen LogP contribution is 2.16. The van der Waals surface area contributed by atoms with Crippen molar-refractivity contribution in [1.29, 1.82) is 0 Å². The summed E-state index contributed by atoms with van der Waals surface area (Å²) in [5.41, 5.74) is 4.80. The molecule has 2 rings (SSSR count). The van der Waals surface area contributed by atoms with Gasteiger partial charge < -0.3 is 15.4 Å². The van der Waals surface area contributed by atoms with Crippen molar-refractivity contribution in [2.45, 2.75) is 6.42 Å². The van der Waals surface area contributed by atoms with E-state index in [-0.39, 0.29) is 18.7 Å². The van der Waals surface area contributed by atoms with Crippen LogP contribution in [0.2, 0.25) is 0 Å². The van der Waals surface area contributed by atoms with E-state index in [2.05, 4.69) is 0 Å². The summed E-state index contributed by atoms with van der Waals surface area (Å²) < 4.78 is 44.3. The molecule has 142 valence electrons. The van der Waals surface area contributed by atoms with Crippen LogP contribution in [0.25, 0.3) is 0 Å². The molecule has 0 aliphatic carbocycles. The molecule has 0 fully saturated rings. The molecule has 6 nitrogen and oxygen atoms in total. The fourth-order valence-electron chi connectivity index (χ4n) is 2.18.